The Labute approximate surface area is 163 Å². The Morgan fingerprint density at radius 1 is 1.33 bits per heavy atom. The quantitative estimate of drug-likeness (QED) is 0.355. The molecule has 0 aromatic heterocycles. The molecule has 1 heterocycles. The van der Waals surface area contributed by atoms with Crippen molar-refractivity contribution in [3.8, 4) is 0 Å². The summed E-state index contributed by atoms with van der Waals surface area (Å²) in [6.45, 7) is 2.33. The number of anilines is 1. The van der Waals surface area contributed by atoms with Gasteiger partial charge in [-0.3, -0.25) is 10.1 Å². The predicted molar refractivity (Wildman–Crippen MR) is 108 cm³/mol. The topological polar surface area (TPSA) is 91.0 Å². The molecule has 0 bridgehead atoms. The van der Waals surface area contributed by atoms with Gasteiger partial charge in [0, 0.05) is 38.8 Å². The Morgan fingerprint density at radius 3 is 2.48 bits per heavy atom. The van der Waals surface area contributed by atoms with E-state index in [-0.39, 0.29) is 34.2 Å². The van der Waals surface area contributed by atoms with E-state index in [9.17, 15) is 14.0 Å². The van der Waals surface area contributed by atoms with Crippen LogP contribution in [0.15, 0.2) is 23.2 Å². The molecule has 0 spiro atoms. The molecular formula is C18H24FN5O2S. The summed E-state index contributed by atoms with van der Waals surface area (Å²) in [6, 6.07) is 4.23. The molecule has 9 heteroatoms. The van der Waals surface area contributed by atoms with Crippen molar-refractivity contribution < 1.29 is 14.0 Å². The van der Waals surface area contributed by atoms with E-state index in [1.54, 1.807) is 22.8 Å². The molecule has 1 aliphatic heterocycles. The standard InChI is InChI=1S/C18H24FN5O2S/c1-11(20)21-17(27)22-18(26)24-8-6-12(7-9-24)16(25)14-5-4-13(23(2)3)10-15(14)19/h4-5,10,12H,6-9H2,1-3H3,(H3,20,21,22,26,27). The zero-order valence-corrected chi connectivity index (χ0v) is 16.5. The van der Waals surface area contributed by atoms with Crippen LogP contribution in [0, 0.1) is 11.7 Å². The third-order valence-corrected chi connectivity index (χ3v) is 4.57. The molecule has 1 fully saturated rings. The lowest BCUT2D eigenvalue weighted by Gasteiger charge is -2.31. The minimum atomic E-state index is -0.522. The first-order chi connectivity index (χ1) is 12.7. The lowest BCUT2D eigenvalue weighted by Crippen LogP contribution is -2.46. The largest absolute Gasteiger partial charge is 0.387 e. The van der Waals surface area contributed by atoms with Crippen LogP contribution in [0.25, 0.3) is 0 Å². The molecule has 0 radical (unpaired) electrons. The summed E-state index contributed by atoms with van der Waals surface area (Å²) in [5.74, 6) is -0.805. The van der Waals surface area contributed by atoms with E-state index < -0.39 is 5.82 Å². The van der Waals surface area contributed by atoms with E-state index >= 15 is 0 Å². The monoisotopic (exact) mass is 393 g/mol. The first-order valence-corrected chi connectivity index (χ1v) is 9.01. The number of carbonyl (C=O) groups excluding carboxylic acids is 2. The van der Waals surface area contributed by atoms with Crippen LogP contribution in [-0.2, 0) is 0 Å². The Hall–Kier alpha value is -2.55. The van der Waals surface area contributed by atoms with E-state index in [1.807, 2.05) is 14.1 Å². The van der Waals surface area contributed by atoms with E-state index in [0.717, 1.165) is 0 Å². The average molecular weight is 393 g/mol. The van der Waals surface area contributed by atoms with Crippen molar-refractivity contribution in [3.05, 3.63) is 29.6 Å². The van der Waals surface area contributed by atoms with Gasteiger partial charge in [0.15, 0.2) is 5.78 Å². The predicted octanol–water partition coefficient (Wildman–Crippen LogP) is 2.16. The van der Waals surface area contributed by atoms with Crippen LogP contribution >= 0.6 is 12.2 Å². The number of Topliss-reactive ketones (excluding diaryl/α,β-unsaturated/α-hetero) is 1. The van der Waals surface area contributed by atoms with Gasteiger partial charge in [-0.05, 0) is 50.2 Å². The number of thiocarbonyl (C=S) groups is 1. The lowest BCUT2D eigenvalue weighted by molar-refractivity contribution is 0.0852. The molecule has 1 saturated heterocycles. The van der Waals surface area contributed by atoms with Gasteiger partial charge in [-0.1, -0.05) is 0 Å². The molecule has 146 valence electrons. The first kappa shape index (κ1) is 20.8. The second-order valence-electron chi connectivity index (χ2n) is 6.67. The summed E-state index contributed by atoms with van der Waals surface area (Å²) in [5.41, 5.74) is 6.21. The molecule has 3 N–H and O–H groups in total. The van der Waals surface area contributed by atoms with Crippen molar-refractivity contribution in [1.29, 1.82) is 0 Å². The van der Waals surface area contributed by atoms with Crippen molar-refractivity contribution in [2.75, 3.05) is 32.1 Å². The molecule has 0 aliphatic carbocycles. The van der Waals surface area contributed by atoms with Crippen LogP contribution in [0.4, 0.5) is 14.9 Å². The van der Waals surface area contributed by atoms with Crippen molar-refractivity contribution in [1.82, 2.24) is 10.2 Å². The van der Waals surface area contributed by atoms with Crippen LogP contribution < -0.4 is 16.0 Å². The maximum atomic E-state index is 14.3. The van der Waals surface area contributed by atoms with Crippen molar-refractivity contribution >= 4 is 40.7 Å². The van der Waals surface area contributed by atoms with Gasteiger partial charge in [-0.2, -0.15) is 0 Å². The number of amidine groups is 1. The summed E-state index contributed by atoms with van der Waals surface area (Å²) >= 11 is 4.92. The van der Waals surface area contributed by atoms with Crippen LogP contribution in [-0.4, -0.2) is 54.8 Å². The van der Waals surface area contributed by atoms with Gasteiger partial charge in [0.1, 0.15) is 5.82 Å². The molecule has 7 nitrogen and oxygen atoms in total. The number of aliphatic imine (C=N–C) groups is 1. The highest BCUT2D eigenvalue weighted by molar-refractivity contribution is 7.80. The zero-order valence-electron chi connectivity index (χ0n) is 15.7. The number of carbonyl (C=O) groups is 2. The maximum absolute atomic E-state index is 14.3. The van der Waals surface area contributed by atoms with E-state index in [1.165, 1.54) is 12.1 Å². The Morgan fingerprint density at radius 2 is 1.96 bits per heavy atom. The van der Waals surface area contributed by atoms with Crippen LogP contribution in [0.5, 0.6) is 0 Å². The highest BCUT2D eigenvalue weighted by atomic mass is 32.1. The lowest BCUT2D eigenvalue weighted by atomic mass is 9.88. The summed E-state index contributed by atoms with van der Waals surface area (Å²) in [4.78, 5) is 31.9. The number of nitrogens with two attached hydrogens (primary N) is 1. The van der Waals surface area contributed by atoms with Gasteiger partial charge < -0.3 is 15.5 Å². The van der Waals surface area contributed by atoms with E-state index in [0.29, 0.717) is 31.6 Å². The molecule has 2 rings (SSSR count). The van der Waals surface area contributed by atoms with Gasteiger partial charge in [-0.15, -0.1) is 0 Å². The number of hydrogen-bond acceptors (Lipinski definition) is 4. The van der Waals surface area contributed by atoms with Crippen molar-refractivity contribution in [2.24, 2.45) is 16.6 Å². The number of ketones is 1. The van der Waals surface area contributed by atoms with Crippen molar-refractivity contribution in [2.45, 2.75) is 19.8 Å². The SMILES string of the molecule is C/C(N)=N/C(=S)NC(=O)N1CCC(C(=O)c2ccc(N(C)C)cc2F)CC1. The summed E-state index contributed by atoms with van der Waals surface area (Å²) in [5, 5.41) is 2.49. The second kappa shape index (κ2) is 8.90. The van der Waals surface area contributed by atoms with Crippen LogP contribution in [0.3, 0.4) is 0 Å². The van der Waals surface area contributed by atoms with Crippen LogP contribution in [0.1, 0.15) is 30.1 Å². The molecule has 1 aromatic rings. The van der Waals surface area contributed by atoms with E-state index in [2.05, 4.69) is 10.3 Å². The summed E-state index contributed by atoms with van der Waals surface area (Å²) in [6.07, 6.45) is 0.931. The van der Waals surface area contributed by atoms with Gasteiger partial charge in [0.25, 0.3) is 0 Å². The molecule has 0 saturated carbocycles. The van der Waals surface area contributed by atoms with Gasteiger partial charge in [0.2, 0.25) is 5.11 Å². The van der Waals surface area contributed by atoms with Gasteiger partial charge in [-0.25, -0.2) is 14.2 Å². The molecule has 1 aromatic carbocycles. The fourth-order valence-electron chi connectivity index (χ4n) is 2.91. The van der Waals surface area contributed by atoms with Gasteiger partial charge in [0.05, 0.1) is 11.4 Å². The summed E-state index contributed by atoms with van der Waals surface area (Å²) < 4.78 is 14.3. The summed E-state index contributed by atoms with van der Waals surface area (Å²) in [7, 11) is 3.62. The Kier molecular flexibility index (Phi) is 6.84. The normalized spacial score (nSPS) is 15.4. The smallest absolute Gasteiger partial charge is 0.323 e. The number of amides is 2. The fraction of sp³-hybridized carbons (Fsp3) is 0.444. The van der Waals surface area contributed by atoms with E-state index in [4.69, 9.17) is 18.0 Å². The minimum absolute atomic E-state index is 0.00116. The number of likely N-dealkylation sites (tertiary alicyclic amines) is 1. The van der Waals surface area contributed by atoms with Crippen molar-refractivity contribution in [3.63, 3.8) is 0 Å². The van der Waals surface area contributed by atoms with Crippen LogP contribution in [0.2, 0.25) is 0 Å². The third kappa shape index (κ3) is 5.46. The maximum Gasteiger partial charge on any atom is 0.323 e. The highest BCUT2D eigenvalue weighted by Gasteiger charge is 2.29. The number of rotatable bonds is 3. The Balaban J connectivity index is 1.95. The molecule has 27 heavy (non-hydrogen) atoms. The molecule has 2 amide bonds. The number of urea groups is 1. The molecule has 0 unspecified atom stereocenters. The molecule has 1 aliphatic rings. The number of hydrogen-bond donors (Lipinski definition) is 2. The average Bonchev–Trinajstić information content (AvgIpc) is 2.60. The minimum Gasteiger partial charge on any atom is -0.387 e. The Bertz CT molecular complexity index is 769. The number of piperidine rings is 1. The number of benzene rings is 1. The highest BCUT2D eigenvalue weighted by Crippen LogP contribution is 2.25. The number of nitrogens with one attached hydrogen (secondary N) is 1. The molecular weight excluding hydrogens is 369 g/mol. The second-order valence-corrected chi connectivity index (χ2v) is 7.06. The van der Waals surface area contributed by atoms with Gasteiger partial charge >= 0.3 is 6.03 Å². The fourth-order valence-corrected chi connectivity index (χ4v) is 3.14. The first-order valence-electron chi connectivity index (χ1n) is 8.60. The molecule has 0 atom stereocenters. The number of halogens is 1. The third-order valence-electron chi connectivity index (χ3n) is 4.38. The number of nitrogens with zero attached hydrogens (tertiary/aromatic N) is 3. The zero-order chi connectivity index (χ0) is 20.1.